The molecule has 0 bridgehead atoms. The third-order valence-electron chi connectivity index (χ3n) is 8.49. The average molecular weight is 847 g/mol. The van der Waals surface area contributed by atoms with Gasteiger partial charge in [0.05, 0.1) is 25.2 Å². The van der Waals surface area contributed by atoms with Crippen molar-refractivity contribution in [1.29, 1.82) is 0 Å². The van der Waals surface area contributed by atoms with Crippen LogP contribution in [0.2, 0.25) is 0 Å². The first-order valence-corrected chi connectivity index (χ1v) is 15.0. The van der Waals surface area contributed by atoms with Gasteiger partial charge >= 0.3 is 12.4 Å². The van der Waals surface area contributed by atoms with Crippen molar-refractivity contribution in [2.24, 2.45) is 0 Å². The maximum atomic E-state index is 15.5. The number of benzene rings is 5. The van der Waals surface area contributed by atoms with E-state index in [0.717, 1.165) is 0 Å². The van der Waals surface area contributed by atoms with E-state index in [9.17, 15) is 65.9 Å². The van der Waals surface area contributed by atoms with Crippen LogP contribution >= 0.6 is 0 Å². The molecule has 0 atom stereocenters. The summed E-state index contributed by atoms with van der Waals surface area (Å²) in [5, 5.41) is 0. The second kappa shape index (κ2) is 15.5. The van der Waals surface area contributed by atoms with E-state index in [1.807, 2.05) is 6.07 Å². The molecule has 0 aliphatic carbocycles. The molecule has 306 valence electrons. The van der Waals surface area contributed by atoms with Gasteiger partial charge in [-0.1, -0.05) is 30.3 Å². The molecule has 0 fully saturated rings. The molecule has 0 radical (unpaired) electrons. The highest BCUT2D eigenvalue weighted by Crippen LogP contribution is 2.37. The lowest BCUT2D eigenvalue weighted by atomic mass is 9.12. The lowest BCUT2D eigenvalue weighted by Crippen LogP contribution is -3.00. The van der Waals surface area contributed by atoms with Crippen LogP contribution in [-0.4, -0.2) is 20.2 Å². The molecule has 23 heteroatoms. The minimum atomic E-state index is -6.86. The third kappa shape index (κ3) is 7.48. The van der Waals surface area contributed by atoms with Crippen LogP contribution in [0.5, 0.6) is 0 Å². The van der Waals surface area contributed by atoms with E-state index in [1.54, 1.807) is 0 Å². The summed E-state index contributed by atoms with van der Waals surface area (Å²) in [7, 11) is 4.24. The summed E-state index contributed by atoms with van der Waals surface area (Å²) in [4.78, 5) is 1.37. The van der Waals surface area contributed by atoms with E-state index < -0.39 is 157 Å². The summed E-state index contributed by atoms with van der Waals surface area (Å²) < 4.78 is 306. The molecule has 0 aliphatic rings. The molecule has 0 aliphatic heterocycles. The van der Waals surface area contributed by atoms with E-state index in [1.165, 1.54) is 10.6 Å². The number of hydrogen-bond donors (Lipinski definition) is 1. The van der Waals surface area contributed by atoms with E-state index >= 15 is 26.3 Å². The van der Waals surface area contributed by atoms with Gasteiger partial charge in [-0.15, -0.1) is 16.4 Å². The van der Waals surface area contributed by atoms with E-state index in [2.05, 4.69) is 38.4 Å². The predicted molar refractivity (Wildman–Crippen MR) is 158 cm³/mol. The Bertz CT molecular complexity index is 2080. The van der Waals surface area contributed by atoms with E-state index in [4.69, 9.17) is 0 Å². The molecular formula is C34H15BF21N. The molecule has 5 aromatic carbocycles. The molecule has 5 rings (SSSR count). The number of alkyl halides is 6. The fourth-order valence-corrected chi connectivity index (χ4v) is 5.94. The molecule has 0 heterocycles. The number of para-hydroxylation sites is 1. The van der Waals surface area contributed by atoms with Crippen molar-refractivity contribution in [2.75, 3.05) is 14.1 Å². The van der Waals surface area contributed by atoms with Crippen molar-refractivity contribution in [3.8, 4) is 0 Å². The quantitative estimate of drug-likeness (QED) is 0.0804. The molecule has 1 nitrogen and oxygen atoms in total. The van der Waals surface area contributed by atoms with Crippen molar-refractivity contribution in [3.63, 3.8) is 0 Å². The number of quaternary nitrogens is 1. The Kier molecular flexibility index (Phi) is 12.1. The van der Waals surface area contributed by atoms with Crippen LogP contribution in [0.4, 0.5) is 97.9 Å². The zero-order valence-electron chi connectivity index (χ0n) is 27.6. The van der Waals surface area contributed by atoms with Crippen LogP contribution in [0.1, 0.15) is 11.1 Å². The van der Waals surface area contributed by atoms with Crippen LogP contribution in [-0.2, 0) is 12.4 Å². The van der Waals surface area contributed by atoms with Crippen molar-refractivity contribution in [2.45, 2.75) is 12.4 Å². The Labute approximate surface area is 304 Å². The van der Waals surface area contributed by atoms with Crippen molar-refractivity contribution >= 4 is 33.7 Å². The van der Waals surface area contributed by atoms with Crippen LogP contribution in [0, 0.1) is 87.3 Å². The minimum Gasteiger partial charge on any atom is -0.307 e. The van der Waals surface area contributed by atoms with Gasteiger partial charge in [-0.05, 0) is 18.2 Å². The third-order valence-corrected chi connectivity index (χ3v) is 8.49. The first kappa shape index (κ1) is 44.4. The number of nitrogens with one attached hydrogen (secondary N) is 1. The van der Waals surface area contributed by atoms with Crippen molar-refractivity contribution < 1.29 is 97.1 Å². The van der Waals surface area contributed by atoms with Gasteiger partial charge in [-0.25, -0.2) is 65.9 Å². The molecule has 0 aromatic heterocycles. The number of hydrogen-bond acceptors (Lipinski definition) is 0. The Morgan fingerprint density at radius 3 is 0.825 bits per heavy atom. The Morgan fingerprint density at radius 1 is 0.368 bits per heavy atom. The molecule has 1 N–H and O–H groups in total. The molecule has 0 saturated carbocycles. The van der Waals surface area contributed by atoms with Crippen molar-refractivity contribution in [3.05, 3.63) is 147 Å². The summed E-state index contributed by atoms with van der Waals surface area (Å²) >= 11 is 0. The summed E-state index contributed by atoms with van der Waals surface area (Å²) in [6.07, 6.45) is -19.2. The first-order chi connectivity index (χ1) is 26.1. The summed E-state index contributed by atoms with van der Waals surface area (Å²) in [6.45, 7) is 0. The zero-order valence-corrected chi connectivity index (χ0v) is 27.6. The van der Waals surface area contributed by atoms with Gasteiger partial charge in [0.15, 0.2) is 52.4 Å². The summed E-state index contributed by atoms with van der Waals surface area (Å²) in [6, 6.07) is 7.44. The van der Waals surface area contributed by atoms with Crippen LogP contribution in [0.15, 0.2) is 48.5 Å². The highest BCUT2D eigenvalue weighted by molar-refractivity contribution is 7.20. The second-order valence-electron chi connectivity index (χ2n) is 12.0. The largest absolute Gasteiger partial charge is 0.416 e. The average Bonchev–Trinajstić information content (AvgIpc) is 3.15. The topological polar surface area (TPSA) is 4.44 Å². The van der Waals surface area contributed by atoms with E-state index in [-0.39, 0.29) is 0 Å². The normalized spacial score (nSPS) is 12.3. The van der Waals surface area contributed by atoms with Gasteiger partial charge in [-0.2, -0.15) is 31.8 Å². The fourth-order valence-electron chi connectivity index (χ4n) is 5.94. The molecule has 0 saturated heterocycles. The fraction of sp³-hybridized carbons (Fsp3) is 0.118. The van der Waals surface area contributed by atoms with Gasteiger partial charge in [0.1, 0.15) is 46.7 Å². The monoisotopic (exact) mass is 847 g/mol. The van der Waals surface area contributed by atoms with Crippen molar-refractivity contribution in [1.82, 2.24) is 0 Å². The zero-order chi connectivity index (χ0) is 43.4. The van der Waals surface area contributed by atoms with Crippen LogP contribution in [0.25, 0.3) is 0 Å². The lowest BCUT2D eigenvalue weighted by Gasteiger charge is -2.45. The summed E-state index contributed by atoms with van der Waals surface area (Å²) in [5.41, 5.74) is -17.3. The summed E-state index contributed by atoms with van der Waals surface area (Å²) in [5.74, 6) is -52.5. The van der Waals surface area contributed by atoms with Gasteiger partial charge in [0.2, 0.25) is 0 Å². The maximum Gasteiger partial charge on any atom is 0.416 e. The first-order valence-electron chi connectivity index (χ1n) is 15.0. The molecule has 57 heavy (non-hydrogen) atoms. The molecule has 0 unspecified atom stereocenters. The number of rotatable bonds is 5. The smallest absolute Gasteiger partial charge is 0.307 e. The Hall–Kier alpha value is -5.35. The molecule has 0 amide bonds. The highest BCUT2D eigenvalue weighted by Gasteiger charge is 2.50. The van der Waals surface area contributed by atoms with E-state index in [0.29, 0.717) is 0 Å². The molecular weight excluding hydrogens is 832 g/mol. The lowest BCUT2D eigenvalue weighted by molar-refractivity contribution is -0.786. The Balaban J connectivity index is 0.000000702. The molecule has 5 aromatic rings. The van der Waals surface area contributed by atoms with Gasteiger partial charge in [-0.3, -0.25) is 0 Å². The molecule has 0 spiro atoms. The van der Waals surface area contributed by atoms with Crippen LogP contribution < -0.4 is 26.8 Å². The Morgan fingerprint density at radius 2 is 0.614 bits per heavy atom. The van der Waals surface area contributed by atoms with Gasteiger partial charge in [0, 0.05) is 0 Å². The van der Waals surface area contributed by atoms with Gasteiger partial charge in [0.25, 0.3) is 0 Å². The maximum absolute atomic E-state index is 15.5. The van der Waals surface area contributed by atoms with Crippen LogP contribution in [0.3, 0.4) is 0 Å². The second-order valence-corrected chi connectivity index (χ2v) is 12.0. The van der Waals surface area contributed by atoms with Gasteiger partial charge < -0.3 is 4.90 Å². The number of halogens is 21. The minimum absolute atomic E-state index is 0.931. The predicted octanol–water partition coefficient (Wildman–Crippen LogP) is 7.65. The standard InChI is InChI=1S/C26H3BF21.C8H11N/c28-10-7(11(29)17(35)22(40)16(10)34)27(8-12(30)18(36)23(41)19(37)13(8)31,9-14(32)20(38)24(42)21(39)15(9)33)6-2-4(25(43,44)45)1-5(3-6)26(46,47)48;1-9(2)8-6-4-3-5-7-8/h1-3H;3-7H,1-2H3/q-1;/p+1. The SMILES string of the molecule is C[NH+](C)c1ccccc1.Fc1c(F)c(F)c([B-](c2cc(C(F)(F)F)cc(C(F)(F)F)c2)(c2c(F)c(F)c(F)c(F)c2F)c2c(F)c(F)c(F)c(F)c2F)c(F)c1F. The highest BCUT2D eigenvalue weighted by atomic mass is 19.4.